The largest absolute Gasteiger partial charge is 0.383 e. The molecule has 0 spiro atoms. The van der Waals surface area contributed by atoms with Gasteiger partial charge in [-0.05, 0) is 6.07 Å². The van der Waals surface area contributed by atoms with E-state index in [0.29, 0.717) is 11.0 Å². The van der Waals surface area contributed by atoms with E-state index in [1.165, 1.54) is 24.8 Å². The molecule has 8 nitrogen and oxygen atoms in total. The molecule has 1 aromatic carbocycles. The zero-order valence-corrected chi connectivity index (χ0v) is 10.6. The lowest BCUT2D eigenvalue weighted by Gasteiger charge is -2.07. The number of rotatable bonds is 2. The number of halogens is 1. The molecule has 0 aliphatic heterocycles. The summed E-state index contributed by atoms with van der Waals surface area (Å²) in [6, 6.07) is 2.91. The van der Waals surface area contributed by atoms with Gasteiger partial charge in [0.05, 0.1) is 33.4 Å². The van der Waals surface area contributed by atoms with Crippen molar-refractivity contribution in [2.24, 2.45) is 0 Å². The second-order valence-corrected chi connectivity index (χ2v) is 4.33. The molecule has 2 heterocycles. The van der Waals surface area contributed by atoms with E-state index in [1.807, 2.05) is 0 Å². The fourth-order valence-corrected chi connectivity index (χ4v) is 2.19. The summed E-state index contributed by atoms with van der Waals surface area (Å²) in [6.45, 7) is 0. The van der Waals surface area contributed by atoms with Crippen molar-refractivity contribution < 1.29 is 4.92 Å². The zero-order chi connectivity index (χ0) is 14.3. The lowest BCUT2D eigenvalue weighted by molar-refractivity contribution is -0.384. The number of imidazole rings is 1. The standard InChI is InChI=1S/C11H7ClN6O2/c12-10-9(11(13)17-4-16-10)5-1-6-7(15-3-14-6)2-8(5)18(19)20/h1-4H,(H,14,15)(H2,13,16,17). The van der Waals surface area contributed by atoms with Gasteiger partial charge in [0.15, 0.2) is 0 Å². The predicted molar refractivity (Wildman–Crippen MR) is 73.2 cm³/mol. The third kappa shape index (κ3) is 1.82. The van der Waals surface area contributed by atoms with E-state index >= 15 is 0 Å². The smallest absolute Gasteiger partial charge is 0.279 e. The summed E-state index contributed by atoms with van der Waals surface area (Å²) < 4.78 is 0. The summed E-state index contributed by atoms with van der Waals surface area (Å²) in [5.74, 6) is 0.0722. The van der Waals surface area contributed by atoms with E-state index in [4.69, 9.17) is 17.3 Å². The van der Waals surface area contributed by atoms with Gasteiger partial charge < -0.3 is 10.7 Å². The second kappa shape index (κ2) is 4.42. The molecule has 0 atom stereocenters. The molecule has 0 radical (unpaired) electrons. The van der Waals surface area contributed by atoms with Gasteiger partial charge in [0.25, 0.3) is 5.69 Å². The number of nitrogens with zero attached hydrogens (tertiary/aromatic N) is 4. The van der Waals surface area contributed by atoms with Crippen molar-refractivity contribution in [3.8, 4) is 11.1 Å². The maximum atomic E-state index is 11.2. The minimum Gasteiger partial charge on any atom is -0.383 e. The van der Waals surface area contributed by atoms with Crippen molar-refractivity contribution in [2.75, 3.05) is 5.73 Å². The third-order valence-corrected chi connectivity index (χ3v) is 3.12. The Bertz CT molecular complexity index is 811. The SMILES string of the molecule is Nc1ncnc(Cl)c1-c1cc2nc[nH]c2cc1[N+](=O)[O-]. The molecule has 0 aliphatic carbocycles. The van der Waals surface area contributed by atoms with E-state index in [9.17, 15) is 10.1 Å². The van der Waals surface area contributed by atoms with Gasteiger partial charge in [-0.25, -0.2) is 15.0 Å². The molecule has 0 fully saturated rings. The molecule has 100 valence electrons. The molecule has 0 amide bonds. The van der Waals surface area contributed by atoms with Crippen molar-refractivity contribution in [3.63, 3.8) is 0 Å². The maximum absolute atomic E-state index is 11.2. The molecule has 3 aromatic rings. The van der Waals surface area contributed by atoms with Gasteiger partial charge in [0, 0.05) is 6.07 Å². The Morgan fingerprint density at radius 2 is 2.10 bits per heavy atom. The number of aromatic nitrogens is 4. The Morgan fingerprint density at radius 1 is 1.30 bits per heavy atom. The minimum atomic E-state index is -0.515. The molecular weight excluding hydrogens is 284 g/mol. The maximum Gasteiger partial charge on any atom is 0.279 e. The number of fused-ring (bicyclic) bond motifs is 1. The Labute approximate surface area is 116 Å². The van der Waals surface area contributed by atoms with Crippen LogP contribution in [0.4, 0.5) is 11.5 Å². The summed E-state index contributed by atoms with van der Waals surface area (Å²) in [7, 11) is 0. The van der Waals surface area contributed by atoms with Crippen molar-refractivity contribution in [2.45, 2.75) is 0 Å². The average Bonchev–Trinajstić information content (AvgIpc) is 2.84. The first-order chi connectivity index (χ1) is 9.58. The van der Waals surface area contributed by atoms with Gasteiger partial charge >= 0.3 is 0 Å². The molecule has 0 bridgehead atoms. The van der Waals surface area contributed by atoms with Crippen LogP contribution in [0.2, 0.25) is 5.15 Å². The van der Waals surface area contributed by atoms with E-state index < -0.39 is 4.92 Å². The molecule has 2 aromatic heterocycles. The molecule has 0 saturated heterocycles. The number of nitro groups is 1. The summed E-state index contributed by atoms with van der Waals surface area (Å²) in [5, 5.41) is 11.3. The molecule has 0 aliphatic rings. The summed E-state index contributed by atoms with van der Waals surface area (Å²) in [4.78, 5) is 25.2. The first kappa shape index (κ1) is 12.3. The van der Waals surface area contributed by atoms with Gasteiger partial charge in [0.2, 0.25) is 0 Å². The number of nitrogens with one attached hydrogen (secondary N) is 1. The van der Waals surface area contributed by atoms with E-state index in [1.54, 1.807) is 0 Å². The first-order valence-electron chi connectivity index (χ1n) is 5.46. The van der Waals surface area contributed by atoms with Crippen LogP contribution in [0, 0.1) is 10.1 Å². The highest BCUT2D eigenvalue weighted by atomic mass is 35.5. The topological polar surface area (TPSA) is 124 Å². The summed E-state index contributed by atoms with van der Waals surface area (Å²) in [6.07, 6.45) is 2.64. The van der Waals surface area contributed by atoms with Gasteiger partial charge in [-0.2, -0.15) is 0 Å². The number of nitrogens with two attached hydrogens (primary N) is 1. The molecule has 9 heteroatoms. The highest BCUT2D eigenvalue weighted by Crippen LogP contribution is 2.38. The van der Waals surface area contributed by atoms with Crippen LogP contribution < -0.4 is 5.73 Å². The Kier molecular flexibility index (Phi) is 2.72. The number of benzene rings is 1. The highest BCUT2D eigenvalue weighted by molar-refractivity contribution is 6.32. The fourth-order valence-electron chi connectivity index (χ4n) is 1.95. The first-order valence-corrected chi connectivity index (χ1v) is 5.83. The average molecular weight is 291 g/mol. The Morgan fingerprint density at radius 3 is 2.80 bits per heavy atom. The number of H-pyrrole nitrogens is 1. The minimum absolute atomic E-state index is 0.0514. The molecule has 20 heavy (non-hydrogen) atoms. The normalized spacial score (nSPS) is 10.8. The molecular formula is C11H7ClN6O2. The van der Waals surface area contributed by atoms with E-state index in [0.717, 1.165) is 0 Å². The number of nitro benzene ring substituents is 1. The van der Waals surface area contributed by atoms with Crippen LogP contribution >= 0.6 is 11.6 Å². The van der Waals surface area contributed by atoms with Crippen LogP contribution in [0.5, 0.6) is 0 Å². The zero-order valence-electron chi connectivity index (χ0n) is 9.87. The third-order valence-electron chi connectivity index (χ3n) is 2.83. The van der Waals surface area contributed by atoms with Gasteiger partial charge in [-0.15, -0.1) is 0 Å². The van der Waals surface area contributed by atoms with Crippen molar-refractivity contribution in [1.82, 2.24) is 19.9 Å². The van der Waals surface area contributed by atoms with E-state index in [-0.39, 0.29) is 27.8 Å². The molecule has 0 unspecified atom stereocenters. The van der Waals surface area contributed by atoms with Crippen LogP contribution in [0.25, 0.3) is 22.2 Å². The van der Waals surface area contributed by atoms with Crippen LogP contribution in [-0.2, 0) is 0 Å². The van der Waals surface area contributed by atoms with Crippen LogP contribution in [-0.4, -0.2) is 24.9 Å². The van der Waals surface area contributed by atoms with Crippen LogP contribution in [0.15, 0.2) is 24.8 Å². The van der Waals surface area contributed by atoms with Crippen LogP contribution in [0.3, 0.4) is 0 Å². The van der Waals surface area contributed by atoms with Gasteiger partial charge in [-0.1, -0.05) is 11.6 Å². The molecule has 3 rings (SSSR count). The summed E-state index contributed by atoms with van der Waals surface area (Å²) >= 11 is 5.98. The molecule has 3 N–H and O–H groups in total. The number of nitrogen functional groups attached to an aromatic ring is 1. The Balaban J connectivity index is 2.39. The quantitative estimate of drug-likeness (QED) is 0.423. The van der Waals surface area contributed by atoms with Crippen molar-refractivity contribution >= 4 is 34.1 Å². The lowest BCUT2D eigenvalue weighted by Crippen LogP contribution is -1.99. The van der Waals surface area contributed by atoms with E-state index in [2.05, 4.69) is 19.9 Å². The predicted octanol–water partition coefficient (Wildman–Crippen LogP) is 2.16. The fraction of sp³-hybridized carbons (Fsp3) is 0. The summed E-state index contributed by atoms with van der Waals surface area (Å²) in [5.41, 5.74) is 7.18. The van der Waals surface area contributed by atoms with Gasteiger partial charge in [0.1, 0.15) is 17.3 Å². The Hall–Kier alpha value is -2.74. The number of anilines is 1. The second-order valence-electron chi connectivity index (χ2n) is 3.97. The van der Waals surface area contributed by atoms with Crippen molar-refractivity contribution in [3.05, 3.63) is 40.1 Å². The number of aromatic amines is 1. The molecule has 0 saturated carbocycles. The van der Waals surface area contributed by atoms with Gasteiger partial charge in [-0.3, -0.25) is 10.1 Å². The highest BCUT2D eigenvalue weighted by Gasteiger charge is 2.22. The lowest BCUT2D eigenvalue weighted by atomic mass is 10.0. The van der Waals surface area contributed by atoms with Crippen molar-refractivity contribution in [1.29, 1.82) is 0 Å². The monoisotopic (exact) mass is 290 g/mol. The van der Waals surface area contributed by atoms with Crippen LogP contribution in [0.1, 0.15) is 0 Å². The number of hydrogen-bond acceptors (Lipinski definition) is 6. The number of hydrogen-bond donors (Lipinski definition) is 2.